The zero-order chi connectivity index (χ0) is 10.4. The van der Waals surface area contributed by atoms with Crippen LogP contribution in [0, 0.1) is 6.92 Å². The van der Waals surface area contributed by atoms with Crippen LogP contribution in [0.2, 0.25) is 0 Å². The van der Waals surface area contributed by atoms with Gasteiger partial charge >= 0.3 is 0 Å². The molecule has 0 bridgehead atoms. The van der Waals surface area contributed by atoms with E-state index in [1.165, 1.54) is 11.1 Å². The molecule has 0 fully saturated rings. The molecular weight excluding hydrogens is 194 g/mol. The maximum Gasteiger partial charge on any atom is 0.180 e. The first kappa shape index (κ1) is 10.9. The monoisotopic (exact) mass is 209 g/mol. The third kappa shape index (κ3) is 3.72. The molecule has 0 saturated carbocycles. The molecule has 0 amide bonds. The zero-order valence-electron chi connectivity index (χ0n) is 8.42. The first-order valence-electron chi connectivity index (χ1n) is 4.48. The van der Waals surface area contributed by atoms with E-state index in [0.717, 1.165) is 6.54 Å². The predicted molar refractivity (Wildman–Crippen MR) is 62.8 cm³/mol. The van der Waals surface area contributed by atoms with Crippen molar-refractivity contribution in [2.75, 3.05) is 7.05 Å². The van der Waals surface area contributed by atoms with Gasteiger partial charge in [0, 0.05) is 13.6 Å². The second kappa shape index (κ2) is 5.57. The number of aryl methyl sites for hydroxylation is 1. The number of thiocarbonyl (C=S) groups is 1. The van der Waals surface area contributed by atoms with Gasteiger partial charge in [-0.15, -0.1) is 0 Å². The Hall–Kier alpha value is -1.13. The number of hydrogen-bond donors (Lipinski definition) is 3. The molecule has 0 unspecified atom stereocenters. The summed E-state index contributed by atoms with van der Waals surface area (Å²) >= 11 is 4.91. The number of hydrazine groups is 1. The van der Waals surface area contributed by atoms with E-state index in [9.17, 15) is 0 Å². The summed E-state index contributed by atoms with van der Waals surface area (Å²) in [6, 6.07) is 8.36. The van der Waals surface area contributed by atoms with Gasteiger partial charge in [-0.3, -0.25) is 5.43 Å². The Labute approximate surface area is 89.9 Å². The maximum atomic E-state index is 4.91. The first-order chi connectivity index (χ1) is 6.72. The number of rotatable bonds is 3. The van der Waals surface area contributed by atoms with Crippen LogP contribution >= 0.6 is 12.2 Å². The molecular formula is C10H15N3S. The fraction of sp³-hybridized carbons (Fsp3) is 0.300. The summed E-state index contributed by atoms with van der Waals surface area (Å²) in [7, 11) is 1.78. The Balaban J connectivity index is 2.31. The lowest BCUT2D eigenvalue weighted by Crippen LogP contribution is -2.42. The third-order valence-corrected chi connectivity index (χ3v) is 2.15. The van der Waals surface area contributed by atoms with Gasteiger partial charge in [0.1, 0.15) is 0 Å². The van der Waals surface area contributed by atoms with E-state index in [2.05, 4.69) is 47.4 Å². The van der Waals surface area contributed by atoms with Crippen molar-refractivity contribution in [3.05, 3.63) is 35.4 Å². The molecule has 0 aliphatic carbocycles. The molecule has 1 aromatic carbocycles. The molecule has 3 nitrogen and oxygen atoms in total. The predicted octanol–water partition coefficient (Wildman–Crippen LogP) is 1.09. The van der Waals surface area contributed by atoms with E-state index in [1.54, 1.807) is 7.05 Å². The topological polar surface area (TPSA) is 36.1 Å². The molecule has 0 spiro atoms. The molecule has 1 aromatic rings. The molecule has 0 heterocycles. The molecule has 1 rings (SSSR count). The lowest BCUT2D eigenvalue weighted by molar-refractivity contribution is 0.648. The van der Waals surface area contributed by atoms with Gasteiger partial charge in [-0.2, -0.15) is 0 Å². The maximum absolute atomic E-state index is 4.91. The van der Waals surface area contributed by atoms with E-state index in [4.69, 9.17) is 12.2 Å². The minimum Gasteiger partial charge on any atom is -0.365 e. The van der Waals surface area contributed by atoms with E-state index in [-0.39, 0.29) is 0 Å². The average Bonchev–Trinajstić information content (AvgIpc) is 2.21. The molecule has 0 aliphatic rings. The van der Waals surface area contributed by atoms with Crippen LogP contribution in [0.15, 0.2) is 24.3 Å². The fourth-order valence-corrected chi connectivity index (χ4v) is 1.07. The van der Waals surface area contributed by atoms with E-state index < -0.39 is 0 Å². The van der Waals surface area contributed by atoms with Crippen LogP contribution < -0.4 is 16.2 Å². The van der Waals surface area contributed by atoms with Crippen LogP contribution in [0.4, 0.5) is 0 Å². The highest BCUT2D eigenvalue weighted by Crippen LogP contribution is 2.01. The summed E-state index contributed by atoms with van der Waals surface area (Å²) in [5.74, 6) is 0. The summed E-state index contributed by atoms with van der Waals surface area (Å²) in [5.41, 5.74) is 8.38. The Kier molecular flexibility index (Phi) is 4.35. The summed E-state index contributed by atoms with van der Waals surface area (Å²) in [6.07, 6.45) is 0. The second-order valence-corrected chi connectivity index (χ2v) is 3.45. The lowest BCUT2D eigenvalue weighted by atomic mass is 10.1. The van der Waals surface area contributed by atoms with Gasteiger partial charge in [0.15, 0.2) is 5.11 Å². The molecule has 4 heteroatoms. The van der Waals surface area contributed by atoms with Crippen molar-refractivity contribution in [1.82, 2.24) is 16.2 Å². The van der Waals surface area contributed by atoms with Gasteiger partial charge in [-0.05, 0) is 24.7 Å². The highest BCUT2D eigenvalue weighted by molar-refractivity contribution is 7.80. The van der Waals surface area contributed by atoms with Crippen molar-refractivity contribution >= 4 is 17.3 Å². The Morgan fingerprint density at radius 1 is 1.29 bits per heavy atom. The van der Waals surface area contributed by atoms with Crippen LogP contribution in [0.25, 0.3) is 0 Å². The highest BCUT2D eigenvalue weighted by Gasteiger charge is 1.92. The van der Waals surface area contributed by atoms with Gasteiger partial charge in [-0.1, -0.05) is 29.8 Å². The summed E-state index contributed by atoms with van der Waals surface area (Å²) < 4.78 is 0. The molecule has 0 aliphatic heterocycles. The van der Waals surface area contributed by atoms with Crippen molar-refractivity contribution in [1.29, 1.82) is 0 Å². The lowest BCUT2D eigenvalue weighted by Gasteiger charge is -2.08. The standard InChI is InChI=1S/C10H15N3S/c1-8-3-5-9(6-4-8)7-12-13-10(14)11-2/h3-6,12H,7H2,1-2H3,(H2,11,13,14). The third-order valence-electron chi connectivity index (χ3n) is 1.84. The SMILES string of the molecule is CNC(=S)NNCc1ccc(C)cc1. The Morgan fingerprint density at radius 2 is 1.93 bits per heavy atom. The summed E-state index contributed by atoms with van der Waals surface area (Å²) in [6.45, 7) is 2.83. The second-order valence-electron chi connectivity index (χ2n) is 3.04. The van der Waals surface area contributed by atoms with E-state index >= 15 is 0 Å². The Morgan fingerprint density at radius 3 is 2.50 bits per heavy atom. The van der Waals surface area contributed by atoms with Crippen molar-refractivity contribution in [2.45, 2.75) is 13.5 Å². The van der Waals surface area contributed by atoms with Crippen molar-refractivity contribution in [3.63, 3.8) is 0 Å². The molecule has 0 atom stereocenters. The number of nitrogens with one attached hydrogen (secondary N) is 3. The van der Waals surface area contributed by atoms with Crippen LogP contribution in [-0.4, -0.2) is 12.2 Å². The molecule has 76 valence electrons. The minimum absolute atomic E-state index is 0.595. The number of hydrogen-bond acceptors (Lipinski definition) is 2. The number of benzene rings is 1. The molecule has 0 saturated heterocycles. The van der Waals surface area contributed by atoms with E-state index in [0.29, 0.717) is 5.11 Å². The minimum atomic E-state index is 0.595. The normalized spacial score (nSPS) is 9.57. The van der Waals surface area contributed by atoms with Crippen molar-refractivity contribution in [3.8, 4) is 0 Å². The smallest absolute Gasteiger partial charge is 0.180 e. The molecule has 0 radical (unpaired) electrons. The first-order valence-corrected chi connectivity index (χ1v) is 4.89. The van der Waals surface area contributed by atoms with Crippen LogP contribution in [0.5, 0.6) is 0 Å². The van der Waals surface area contributed by atoms with Crippen molar-refractivity contribution < 1.29 is 0 Å². The van der Waals surface area contributed by atoms with Crippen molar-refractivity contribution in [2.24, 2.45) is 0 Å². The van der Waals surface area contributed by atoms with Crippen LogP contribution in [-0.2, 0) is 6.54 Å². The Bertz CT molecular complexity index is 295. The largest absolute Gasteiger partial charge is 0.365 e. The van der Waals surface area contributed by atoms with Crippen LogP contribution in [0.3, 0.4) is 0 Å². The van der Waals surface area contributed by atoms with Gasteiger partial charge in [-0.25, -0.2) is 5.43 Å². The summed E-state index contributed by atoms with van der Waals surface area (Å²) in [4.78, 5) is 0. The molecule has 3 N–H and O–H groups in total. The quantitative estimate of drug-likeness (QED) is 0.514. The van der Waals surface area contributed by atoms with Crippen LogP contribution in [0.1, 0.15) is 11.1 Å². The van der Waals surface area contributed by atoms with Gasteiger partial charge < -0.3 is 5.32 Å². The average molecular weight is 209 g/mol. The van der Waals surface area contributed by atoms with E-state index in [1.807, 2.05) is 0 Å². The molecule has 0 aromatic heterocycles. The summed E-state index contributed by atoms with van der Waals surface area (Å²) in [5, 5.41) is 3.41. The zero-order valence-corrected chi connectivity index (χ0v) is 9.24. The van der Waals surface area contributed by atoms with Gasteiger partial charge in [0.2, 0.25) is 0 Å². The van der Waals surface area contributed by atoms with Gasteiger partial charge in [0.25, 0.3) is 0 Å². The fourth-order valence-electron chi connectivity index (χ4n) is 0.995. The van der Waals surface area contributed by atoms with Gasteiger partial charge in [0.05, 0.1) is 0 Å². The molecule has 14 heavy (non-hydrogen) atoms. The highest BCUT2D eigenvalue weighted by atomic mass is 32.1.